The van der Waals surface area contributed by atoms with E-state index in [9.17, 15) is 0 Å². The minimum absolute atomic E-state index is 0.394. The second kappa shape index (κ2) is 6.55. The fourth-order valence-corrected chi connectivity index (χ4v) is 2.29. The van der Waals surface area contributed by atoms with Gasteiger partial charge in [0.25, 0.3) is 0 Å². The van der Waals surface area contributed by atoms with Gasteiger partial charge in [0.2, 0.25) is 0 Å². The van der Waals surface area contributed by atoms with E-state index in [4.69, 9.17) is 10.5 Å². The van der Waals surface area contributed by atoms with Crippen molar-refractivity contribution >= 4 is 0 Å². The monoisotopic (exact) mass is 244 g/mol. The summed E-state index contributed by atoms with van der Waals surface area (Å²) in [5.41, 5.74) is 7.72. The van der Waals surface area contributed by atoms with Gasteiger partial charge in [-0.2, -0.15) is 0 Å². The molecule has 2 rings (SSSR count). The molecule has 1 heterocycles. The maximum atomic E-state index is 5.38. The number of hydrogen-bond acceptors (Lipinski definition) is 3. The first-order valence-electron chi connectivity index (χ1n) is 6.35. The molecule has 1 aromatic carbocycles. The van der Waals surface area contributed by atoms with Crippen LogP contribution in [-0.2, 0) is 11.3 Å². The highest BCUT2D eigenvalue weighted by molar-refractivity contribution is 5.37. The third kappa shape index (κ3) is 3.58. The zero-order valence-corrected chi connectivity index (χ0v) is 10.9. The first-order chi connectivity index (χ1) is 8.81. The Morgan fingerprint density at radius 2 is 2.39 bits per heavy atom. The maximum Gasteiger partial charge on any atom is 0.0710 e. The van der Waals surface area contributed by atoms with Crippen LogP contribution < -0.4 is 5.73 Å². The molecule has 0 aromatic heterocycles. The summed E-state index contributed by atoms with van der Waals surface area (Å²) in [6.07, 6.45) is 1.52. The average molecular weight is 244 g/mol. The van der Waals surface area contributed by atoms with Crippen LogP contribution in [0.25, 0.3) is 0 Å². The fraction of sp³-hybridized carbons (Fsp3) is 0.467. The van der Waals surface area contributed by atoms with E-state index in [1.165, 1.54) is 5.56 Å². The standard InChI is InChI=1S/C15H20N2O/c1-18-15-7-9-17(12-15)11-14-5-2-4-13(10-14)6-3-8-16/h2,4-5,10,15H,7-9,11-12,16H2,1H3. The predicted molar refractivity (Wildman–Crippen MR) is 73.1 cm³/mol. The van der Waals surface area contributed by atoms with Gasteiger partial charge in [-0.25, -0.2) is 0 Å². The molecule has 1 fully saturated rings. The molecule has 0 radical (unpaired) electrons. The Morgan fingerprint density at radius 1 is 1.50 bits per heavy atom. The molecule has 0 spiro atoms. The molecule has 1 unspecified atom stereocenters. The van der Waals surface area contributed by atoms with Gasteiger partial charge in [0.1, 0.15) is 0 Å². The van der Waals surface area contributed by atoms with Crippen LogP contribution in [0.4, 0.5) is 0 Å². The smallest absolute Gasteiger partial charge is 0.0710 e. The van der Waals surface area contributed by atoms with Crippen molar-refractivity contribution < 1.29 is 4.74 Å². The second-order valence-electron chi connectivity index (χ2n) is 4.59. The Morgan fingerprint density at radius 3 is 3.11 bits per heavy atom. The van der Waals surface area contributed by atoms with Crippen molar-refractivity contribution in [3.8, 4) is 11.8 Å². The number of ether oxygens (including phenoxy) is 1. The molecule has 18 heavy (non-hydrogen) atoms. The lowest BCUT2D eigenvalue weighted by molar-refractivity contribution is 0.107. The molecule has 2 N–H and O–H groups in total. The molecule has 1 saturated heterocycles. The number of rotatable bonds is 3. The average Bonchev–Trinajstić information content (AvgIpc) is 2.84. The van der Waals surface area contributed by atoms with E-state index in [-0.39, 0.29) is 0 Å². The van der Waals surface area contributed by atoms with Crippen LogP contribution in [0.3, 0.4) is 0 Å². The molecule has 1 atom stereocenters. The number of methoxy groups -OCH3 is 1. The van der Waals surface area contributed by atoms with Crippen LogP contribution in [0.5, 0.6) is 0 Å². The third-order valence-corrected chi connectivity index (χ3v) is 3.23. The SMILES string of the molecule is COC1CCN(Cc2cccc(C#CCN)c2)C1. The van der Waals surface area contributed by atoms with Crippen LogP contribution in [0.1, 0.15) is 17.5 Å². The van der Waals surface area contributed by atoms with Crippen molar-refractivity contribution in [1.82, 2.24) is 4.90 Å². The number of nitrogens with zero attached hydrogens (tertiary/aromatic N) is 1. The Bertz CT molecular complexity index is 447. The van der Waals surface area contributed by atoms with Crippen LogP contribution in [0.2, 0.25) is 0 Å². The van der Waals surface area contributed by atoms with E-state index in [0.29, 0.717) is 12.6 Å². The fourth-order valence-electron chi connectivity index (χ4n) is 2.29. The molecule has 1 aliphatic rings. The van der Waals surface area contributed by atoms with Gasteiger partial charge in [0.05, 0.1) is 12.6 Å². The van der Waals surface area contributed by atoms with E-state index in [1.807, 2.05) is 6.07 Å². The Kier molecular flexibility index (Phi) is 4.77. The summed E-state index contributed by atoms with van der Waals surface area (Å²) in [4.78, 5) is 2.42. The minimum atomic E-state index is 0.394. The van der Waals surface area contributed by atoms with Crippen molar-refractivity contribution in [2.24, 2.45) is 5.73 Å². The van der Waals surface area contributed by atoms with Gasteiger partial charge >= 0.3 is 0 Å². The normalized spacial score (nSPS) is 19.6. The quantitative estimate of drug-likeness (QED) is 0.812. The highest BCUT2D eigenvalue weighted by Gasteiger charge is 2.21. The molecule has 1 aromatic rings. The Labute approximate surface area is 109 Å². The molecule has 0 saturated carbocycles. The van der Waals surface area contributed by atoms with Crippen molar-refractivity contribution in [3.05, 3.63) is 35.4 Å². The zero-order valence-electron chi connectivity index (χ0n) is 10.9. The molecule has 1 aliphatic heterocycles. The highest BCUT2D eigenvalue weighted by atomic mass is 16.5. The molecule has 0 bridgehead atoms. The lowest BCUT2D eigenvalue weighted by atomic mass is 10.1. The van der Waals surface area contributed by atoms with E-state index >= 15 is 0 Å². The van der Waals surface area contributed by atoms with Gasteiger partial charge in [0.15, 0.2) is 0 Å². The van der Waals surface area contributed by atoms with E-state index in [0.717, 1.165) is 31.6 Å². The van der Waals surface area contributed by atoms with Gasteiger partial charge in [0, 0.05) is 32.3 Å². The summed E-state index contributed by atoms with van der Waals surface area (Å²) in [5, 5.41) is 0. The van der Waals surface area contributed by atoms with Gasteiger partial charge in [-0.1, -0.05) is 24.0 Å². The first-order valence-corrected chi connectivity index (χ1v) is 6.35. The Balaban J connectivity index is 1.97. The van der Waals surface area contributed by atoms with Crippen LogP contribution in [-0.4, -0.2) is 37.7 Å². The summed E-state index contributed by atoms with van der Waals surface area (Å²) >= 11 is 0. The van der Waals surface area contributed by atoms with Crippen molar-refractivity contribution in [3.63, 3.8) is 0 Å². The van der Waals surface area contributed by atoms with Crippen LogP contribution >= 0.6 is 0 Å². The van der Waals surface area contributed by atoms with Crippen molar-refractivity contribution in [1.29, 1.82) is 0 Å². The summed E-state index contributed by atoms with van der Waals surface area (Å²) in [6, 6.07) is 8.37. The number of nitrogens with two attached hydrogens (primary N) is 1. The summed E-state index contributed by atoms with van der Waals surface area (Å²) in [5.74, 6) is 5.96. The molecular formula is C15H20N2O. The van der Waals surface area contributed by atoms with Gasteiger partial charge in [-0.3, -0.25) is 4.90 Å². The topological polar surface area (TPSA) is 38.5 Å². The highest BCUT2D eigenvalue weighted by Crippen LogP contribution is 2.15. The summed E-state index contributed by atoms with van der Waals surface area (Å²) in [6.45, 7) is 3.51. The lowest BCUT2D eigenvalue weighted by Crippen LogP contribution is -2.22. The maximum absolute atomic E-state index is 5.38. The van der Waals surface area contributed by atoms with Crippen LogP contribution in [0.15, 0.2) is 24.3 Å². The molecule has 0 amide bonds. The molecular weight excluding hydrogens is 224 g/mol. The molecule has 0 aliphatic carbocycles. The lowest BCUT2D eigenvalue weighted by Gasteiger charge is -2.15. The summed E-state index contributed by atoms with van der Waals surface area (Å²) < 4.78 is 5.38. The van der Waals surface area contributed by atoms with Crippen LogP contribution in [0, 0.1) is 11.8 Å². The predicted octanol–water partition coefficient (Wildman–Crippen LogP) is 1.22. The first kappa shape index (κ1) is 13.1. The minimum Gasteiger partial charge on any atom is -0.380 e. The third-order valence-electron chi connectivity index (χ3n) is 3.23. The van der Waals surface area contributed by atoms with Crippen molar-refractivity contribution in [2.75, 3.05) is 26.7 Å². The van der Waals surface area contributed by atoms with Gasteiger partial charge < -0.3 is 10.5 Å². The van der Waals surface area contributed by atoms with E-state index < -0.39 is 0 Å². The molecule has 3 nitrogen and oxygen atoms in total. The number of hydrogen-bond donors (Lipinski definition) is 1. The Hall–Kier alpha value is -1.34. The number of benzene rings is 1. The van der Waals surface area contributed by atoms with E-state index in [1.54, 1.807) is 7.11 Å². The summed E-state index contributed by atoms with van der Waals surface area (Å²) in [7, 11) is 1.79. The van der Waals surface area contributed by atoms with Crippen molar-refractivity contribution in [2.45, 2.75) is 19.1 Å². The second-order valence-corrected chi connectivity index (χ2v) is 4.59. The largest absolute Gasteiger partial charge is 0.380 e. The molecule has 96 valence electrons. The molecule has 3 heteroatoms. The van der Waals surface area contributed by atoms with Gasteiger partial charge in [-0.15, -0.1) is 0 Å². The zero-order chi connectivity index (χ0) is 12.8. The number of likely N-dealkylation sites (tertiary alicyclic amines) is 1. The van der Waals surface area contributed by atoms with E-state index in [2.05, 4.69) is 34.9 Å². The van der Waals surface area contributed by atoms with Gasteiger partial charge in [-0.05, 0) is 24.1 Å².